The maximum Gasteiger partial charge on any atom is 0.191 e. The Morgan fingerprint density at radius 3 is 2.45 bits per heavy atom. The molecule has 0 saturated heterocycles. The first-order valence-electron chi connectivity index (χ1n) is 7.14. The zero-order valence-electron chi connectivity index (χ0n) is 12.2. The Bertz CT molecular complexity index is 756. The monoisotopic (exact) mass is 329 g/mol. The molecule has 22 heavy (non-hydrogen) atoms. The summed E-state index contributed by atoms with van der Waals surface area (Å²) in [7, 11) is 0. The van der Waals surface area contributed by atoms with Crippen molar-refractivity contribution >= 4 is 23.4 Å². The molecule has 0 radical (unpaired) electrons. The van der Waals surface area contributed by atoms with Gasteiger partial charge in [-0.15, -0.1) is 10.2 Å². The molecule has 0 amide bonds. The van der Waals surface area contributed by atoms with E-state index in [1.165, 1.54) is 5.56 Å². The van der Waals surface area contributed by atoms with E-state index in [0.717, 1.165) is 28.8 Å². The lowest BCUT2D eigenvalue weighted by Gasteiger charge is -2.10. The van der Waals surface area contributed by atoms with Crippen LogP contribution in [0.3, 0.4) is 0 Å². The van der Waals surface area contributed by atoms with Gasteiger partial charge in [-0.3, -0.25) is 4.57 Å². The molecular formula is C17H16ClN3S. The van der Waals surface area contributed by atoms with Crippen molar-refractivity contribution in [2.24, 2.45) is 0 Å². The molecule has 0 spiro atoms. The van der Waals surface area contributed by atoms with Crippen LogP contribution >= 0.6 is 23.4 Å². The molecule has 5 heteroatoms. The average Bonchev–Trinajstić information content (AvgIpc) is 2.92. The van der Waals surface area contributed by atoms with Gasteiger partial charge in [0, 0.05) is 5.56 Å². The minimum absolute atomic E-state index is 0.692. The second-order valence-corrected chi connectivity index (χ2v) is 6.43. The molecule has 0 bridgehead atoms. The van der Waals surface area contributed by atoms with Gasteiger partial charge in [-0.05, 0) is 23.4 Å². The summed E-state index contributed by atoms with van der Waals surface area (Å²) in [6.45, 7) is 2.85. The minimum atomic E-state index is 0.692. The molecule has 3 nitrogen and oxygen atoms in total. The van der Waals surface area contributed by atoms with Gasteiger partial charge in [-0.2, -0.15) is 0 Å². The number of rotatable bonds is 5. The van der Waals surface area contributed by atoms with Crippen LogP contribution in [-0.4, -0.2) is 20.5 Å². The molecule has 0 aliphatic carbocycles. The van der Waals surface area contributed by atoms with Crippen LogP contribution in [0.1, 0.15) is 12.5 Å². The van der Waals surface area contributed by atoms with E-state index in [0.29, 0.717) is 5.02 Å². The highest BCUT2D eigenvalue weighted by Gasteiger charge is 2.16. The number of halogens is 1. The lowest BCUT2D eigenvalue weighted by molar-refractivity contribution is 0.715. The normalized spacial score (nSPS) is 10.8. The standard InChI is InChI=1S/C17H16ClN3S/c1-2-22-17-20-19-16(14-10-6-7-11-15(14)18)21(17)12-13-8-4-3-5-9-13/h3-11H,2,12H2,1H3. The number of hydrogen-bond acceptors (Lipinski definition) is 3. The fourth-order valence-corrected chi connectivity index (χ4v) is 3.16. The first-order chi connectivity index (χ1) is 10.8. The SMILES string of the molecule is CCSc1nnc(-c2ccccc2Cl)n1Cc1ccccc1. The maximum atomic E-state index is 6.33. The molecule has 0 fully saturated rings. The van der Waals surface area contributed by atoms with Crippen molar-refractivity contribution in [2.75, 3.05) is 5.75 Å². The number of nitrogens with zero attached hydrogens (tertiary/aromatic N) is 3. The molecule has 1 heterocycles. The largest absolute Gasteiger partial charge is 0.298 e. The summed E-state index contributed by atoms with van der Waals surface area (Å²) in [6, 6.07) is 18.1. The summed E-state index contributed by atoms with van der Waals surface area (Å²) in [5.41, 5.74) is 2.13. The van der Waals surface area contributed by atoms with E-state index in [-0.39, 0.29) is 0 Å². The molecule has 0 N–H and O–H groups in total. The number of aromatic nitrogens is 3. The van der Waals surface area contributed by atoms with E-state index in [4.69, 9.17) is 11.6 Å². The highest BCUT2D eigenvalue weighted by atomic mass is 35.5. The van der Waals surface area contributed by atoms with Crippen LogP contribution in [0.4, 0.5) is 0 Å². The molecule has 0 aliphatic heterocycles. The van der Waals surface area contributed by atoms with E-state index >= 15 is 0 Å². The summed E-state index contributed by atoms with van der Waals surface area (Å²) in [4.78, 5) is 0. The van der Waals surface area contributed by atoms with E-state index < -0.39 is 0 Å². The van der Waals surface area contributed by atoms with Crippen molar-refractivity contribution in [3.05, 3.63) is 65.2 Å². The van der Waals surface area contributed by atoms with Crippen LogP contribution < -0.4 is 0 Å². The molecule has 0 saturated carbocycles. The quantitative estimate of drug-likeness (QED) is 0.632. The minimum Gasteiger partial charge on any atom is -0.298 e. The van der Waals surface area contributed by atoms with Crippen molar-refractivity contribution in [1.82, 2.24) is 14.8 Å². The van der Waals surface area contributed by atoms with Crippen LogP contribution in [0.25, 0.3) is 11.4 Å². The second-order valence-electron chi connectivity index (χ2n) is 4.79. The summed E-state index contributed by atoms with van der Waals surface area (Å²) in [5, 5.41) is 10.3. The van der Waals surface area contributed by atoms with Crippen molar-refractivity contribution in [2.45, 2.75) is 18.6 Å². The molecule has 0 aliphatic rings. The van der Waals surface area contributed by atoms with Crippen LogP contribution in [0.15, 0.2) is 59.8 Å². The lowest BCUT2D eigenvalue weighted by Crippen LogP contribution is -2.04. The maximum absolute atomic E-state index is 6.33. The molecule has 112 valence electrons. The zero-order chi connectivity index (χ0) is 15.4. The Morgan fingerprint density at radius 2 is 1.73 bits per heavy atom. The summed E-state index contributed by atoms with van der Waals surface area (Å²) < 4.78 is 2.13. The highest BCUT2D eigenvalue weighted by molar-refractivity contribution is 7.99. The number of thioether (sulfide) groups is 1. The number of hydrogen-bond donors (Lipinski definition) is 0. The fourth-order valence-electron chi connectivity index (χ4n) is 2.27. The van der Waals surface area contributed by atoms with Crippen LogP contribution in [0.2, 0.25) is 5.02 Å². The van der Waals surface area contributed by atoms with Gasteiger partial charge >= 0.3 is 0 Å². The van der Waals surface area contributed by atoms with Gasteiger partial charge in [0.15, 0.2) is 11.0 Å². The van der Waals surface area contributed by atoms with Crippen molar-refractivity contribution in [1.29, 1.82) is 0 Å². The van der Waals surface area contributed by atoms with Gasteiger partial charge < -0.3 is 0 Å². The Kier molecular flexibility index (Phi) is 4.80. The third-order valence-corrected chi connectivity index (χ3v) is 4.47. The molecular weight excluding hydrogens is 314 g/mol. The molecule has 0 atom stereocenters. The molecule has 3 aromatic rings. The Hall–Kier alpha value is -1.78. The van der Waals surface area contributed by atoms with Crippen LogP contribution in [-0.2, 0) is 6.54 Å². The molecule has 3 rings (SSSR count). The average molecular weight is 330 g/mol. The van der Waals surface area contributed by atoms with Gasteiger partial charge in [0.25, 0.3) is 0 Å². The summed E-state index contributed by atoms with van der Waals surface area (Å²) in [5.74, 6) is 1.76. The first-order valence-corrected chi connectivity index (χ1v) is 8.50. The highest BCUT2D eigenvalue weighted by Crippen LogP contribution is 2.29. The molecule has 2 aromatic carbocycles. The Morgan fingerprint density at radius 1 is 1.00 bits per heavy atom. The van der Waals surface area contributed by atoms with E-state index in [2.05, 4.69) is 33.8 Å². The van der Waals surface area contributed by atoms with Crippen LogP contribution in [0, 0.1) is 0 Å². The van der Waals surface area contributed by atoms with Gasteiger partial charge in [0.05, 0.1) is 11.6 Å². The predicted octanol–water partition coefficient (Wildman–Crippen LogP) is 4.76. The van der Waals surface area contributed by atoms with Crippen molar-refractivity contribution in [3.63, 3.8) is 0 Å². The van der Waals surface area contributed by atoms with E-state index in [9.17, 15) is 0 Å². The van der Waals surface area contributed by atoms with E-state index in [1.54, 1.807) is 11.8 Å². The van der Waals surface area contributed by atoms with Gasteiger partial charge in [-0.25, -0.2) is 0 Å². The molecule has 1 aromatic heterocycles. The second kappa shape index (κ2) is 6.99. The van der Waals surface area contributed by atoms with Crippen molar-refractivity contribution < 1.29 is 0 Å². The predicted molar refractivity (Wildman–Crippen MR) is 92.4 cm³/mol. The van der Waals surface area contributed by atoms with Crippen molar-refractivity contribution in [3.8, 4) is 11.4 Å². The third kappa shape index (κ3) is 3.18. The Labute approximate surface area is 139 Å². The first kappa shape index (κ1) is 15.1. The fraction of sp³-hybridized carbons (Fsp3) is 0.176. The van der Waals surface area contributed by atoms with Gasteiger partial charge in [-0.1, -0.05) is 72.8 Å². The van der Waals surface area contributed by atoms with E-state index in [1.807, 2.05) is 42.5 Å². The summed E-state index contributed by atoms with van der Waals surface area (Å²) >= 11 is 8.02. The van der Waals surface area contributed by atoms with Gasteiger partial charge in [0.1, 0.15) is 0 Å². The third-order valence-electron chi connectivity index (χ3n) is 3.29. The smallest absolute Gasteiger partial charge is 0.191 e. The zero-order valence-corrected chi connectivity index (χ0v) is 13.8. The lowest BCUT2D eigenvalue weighted by atomic mass is 10.2. The van der Waals surface area contributed by atoms with Crippen LogP contribution in [0.5, 0.6) is 0 Å². The van der Waals surface area contributed by atoms with Gasteiger partial charge in [0.2, 0.25) is 0 Å². The topological polar surface area (TPSA) is 30.7 Å². The number of benzene rings is 2. The Balaban J connectivity index is 2.06. The summed E-state index contributed by atoms with van der Waals surface area (Å²) in [6.07, 6.45) is 0. The molecule has 0 unspecified atom stereocenters.